The van der Waals surface area contributed by atoms with Gasteiger partial charge in [-0.05, 0) is 29.2 Å². The second-order valence-electron chi connectivity index (χ2n) is 6.60. The lowest BCUT2D eigenvalue weighted by molar-refractivity contribution is -0.138. The van der Waals surface area contributed by atoms with E-state index >= 15 is 0 Å². The lowest BCUT2D eigenvalue weighted by Gasteiger charge is -2.18. The molecule has 0 radical (unpaired) electrons. The van der Waals surface area contributed by atoms with Crippen LogP contribution >= 0.6 is 0 Å². The summed E-state index contributed by atoms with van der Waals surface area (Å²) in [4.78, 5) is 35.6. The van der Waals surface area contributed by atoms with Crippen LogP contribution in [0.2, 0.25) is 0 Å². The zero-order chi connectivity index (χ0) is 19.8. The van der Waals surface area contributed by atoms with E-state index in [4.69, 9.17) is 5.11 Å². The van der Waals surface area contributed by atoms with Crippen molar-refractivity contribution in [1.29, 1.82) is 0 Å². The molecule has 0 saturated carbocycles. The van der Waals surface area contributed by atoms with E-state index in [0.717, 1.165) is 5.56 Å². The minimum absolute atomic E-state index is 0.266. The third kappa shape index (κ3) is 6.26. The molecule has 142 valence electrons. The average molecular weight is 368 g/mol. The lowest BCUT2D eigenvalue weighted by Crippen LogP contribution is -2.49. The monoisotopic (exact) mass is 368 g/mol. The smallest absolute Gasteiger partial charge is 0.322 e. The van der Waals surface area contributed by atoms with Crippen LogP contribution in [0, 0.1) is 0 Å². The van der Waals surface area contributed by atoms with Crippen LogP contribution in [-0.4, -0.2) is 35.5 Å². The number of aliphatic carboxylic acids is 1. The van der Waals surface area contributed by atoms with Crippen LogP contribution in [0.5, 0.6) is 0 Å². The van der Waals surface area contributed by atoms with Gasteiger partial charge in [0.25, 0.3) is 5.91 Å². The molecule has 0 fully saturated rings. The molecule has 0 aliphatic carbocycles. The highest BCUT2D eigenvalue weighted by Crippen LogP contribution is 2.15. The first-order valence-corrected chi connectivity index (χ1v) is 8.81. The number of hydrogen-bond acceptors (Lipinski definition) is 3. The standard InChI is InChI=1S/C21H24N2O4/c1-14(2)16-10-8-15(9-11-16)12-18(21(27)22-13-19(24)25)23-20(26)17-6-4-3-5-7-17/h3-11,14,18H,12-13H2,1-2H3,(H,22,27)(H,23,26)(H,24,25)/t18-/m0/s1. The maximum Gasteiger partial charge on any atom is 0.322 e. The van der Waals surface area contributed by atoms with Gasteiger partial charge in [0.1, 0.15) is 12.6 Å². The van der Waals surface area contributed by atoms with Crippen molar-refractivity contribution in [1.82, 2.24) is 10.6 Å². The van der Waals surface area contributed by atoms with Gasteiger partial charge in [0.05, 0.1) is 0 Å². The fourth-order valence-corrected chi connectivity index (χ4v) is 2.60. The molecule has 6 heteroatoms. The zero-order valence-corrected chi connectivity index (χ0v) is 15.4. The lowest BCUT2D eigenvalue weighted by atomic mass is 9.98. The molecular weight excluding hydrogens is 344 g/mol. The predicted octanol–water partition coefficient (Wildman–Crippen LogP) is 2.35. The van der Waals surface area contributed by atoms with Crippen molar-refractivity contribution >= 4 is 17.8 Å². The molecule has 6 nitrogen and oxygen atoms in total. The summed E-state index contributed by atoms with van der Waals surface area (Å²) in [7, 11) is 0. The fraction of sp³-hybridized carbons (Fsp3) is 0.286. The maximum absolute atomic E-state index is 12.4. The van der Waals surface area contributed by atoms with E-state index < -0.39 is 24.5 Å². The van der Waals surface area contributed by atoms with Gasteiger partial charge in [0.2, 0.25) is 5.91 Å². The number of carboxylic acids is 1. The summed E-state index contributed by atoms with van der Waals surface area (Å²) in [6.45, 7) is 3.69. The number of nitrogens with one attached hydrogen (secondary N) is 2. The Hall–Kier alpha value is -3.15. The number of amides is 2. The average Bonchev–Trinajstić information content (AvgIpc) is 2.66. The number of benzene rings is 2. The first-order chi connectivity index (χ1) is 12.9. The van der Waals surface area contributed by atoms with E-state index in [2.05, 4.69) is 24.5 Å². The molecule has 2 aromatic carbocycles. The second kappa shape index (κ2) is 9.52. The van der Waals surface area contributed by atoms with Crippen molar-refractivity contribution in [3.8, 4) is 0 Å². The molecule has 0 aromatic heterocycles. The Morgan fingerprint density at radius 1 is 0.963 bits per heavy atom. The summed E-state index contributed by atoms with van der Waals surface area (Å²) in [5, 5.41) is 13.8. The number of carboxylic acid groups (broad SMARTS) is 1. The van der Waals surface area contributed by atoms with Crippen LogP contribution in [0.3, 0.4) is 0 Å². The Bertz CT molecular complexity index is 786. The molecule has 0 unspecified atom stereocenters. The highest BCUT2D eigenvalue weighted by atomic mass is 16.4. The highest BCUT2D eigenvalue weighted by Gasteiger charge is 2.22. The normalized spacial score (nSPS) is 11.7. The van der Waals surface area contributed by atoms with Gasteiger partial charge in [-0.2, -0.15) is 0 Å². The van der Waals surface area contributed by atoms with Crippen LogP contribution in [0.25, 0.3) is 0 Å². The second-order valence-corrected chi connectivity index (χ2v) is 6.60. The summed E-state index contributed by atoms with van der Waals surface area (Å²) in [5.41, 5.74) is 2.49. The number of carbonyl (C=O) groups excluding carboxylic acids is 2. The van der Waals surface area contributed by atoms with E-state index in [0.29, 0.717) is 11.5 Å². The molecule has 2 amide bonds. The van der Waals surface area contributed by atoms with Gasteiger partial charge in [-0.1, -0.05) is 56.3 Å². The zero-order valence-electron chi connectivity index (χ0n) is 15.4. The highest BCUT2D eigenvalue weighted by molar-refractivity contribution is 5.97. The molecule has 0 bridgehead atoms. The van der Waals surface area contributed by atoms with Crippen molar-refractivity contribution in [3.63, 3.8) is 0 Å². The fourth-order valence-electron chi connectivity index (χ4n) is 2.60. The number of hydrogen-bond donors (Lipinski definition) is 3. The molecule has 2 rings (SSSR count). The molecule has 3 N–H and O–H groups in total. The largest absolute Gasteiger partial charge is 0.480 e. The minimum Gasteiger partial charge on any atom is -0.480 e. The quantitative estimate of drug-likeness (QED) is 0.666. The van der Waals surface area contributed by atoms with Crippen LogP contribution < -0.4 is 10.6 Å². The van der Waals surface area contributed by atoms with Crippen LogP contribution in [0.15, 0.2) is 54.6 Å². The van der Waals surface area contributed by atoms with E-state index in [1.165, 1.54) is 5.56 Å². The van der Waals surface area contributed by atoms with Gasteiger partial charge >= 0.3 is 5.97 Å². The van der Waals surface area contributed by atoms with Crippen LogP contribution in [-0.2, 0) is 16.0 Å². The SMILES string of the molecule is CC(C)c1ccc(C[C@H](NC(=O)c2ccccc2)C(=O)NCC(=O)O)cc1. The van der Waals surface area contributed by atoms with Crippen molar-refractivity contribution in [2.24, 2.45) is 0 Å². The third-order valence-electron chi connectivity index (χ3n) is 4.16. The summed E-state index contributed by atoms with van der Waals surface area (Å²) in [5.74, 6) is -1.66. The van der Waals surface area contributed by atoms with E-state index in [1.54, 1.807) is 30.3 Å². The molecule has 0 saturated heterocycles. The summed E-state index contributed by atoms with van der Waals surface area (Å²) >= 11 is 0. The molecule has 0 spiro atoms. The van der Waals surface area contributed by atoms with Crippen LogP contribution in [0.1, 0.15) is 41.3 Å². The minimum atomic E-state index is -1.14. The van der Waals surface area contributed by atoms with E-state index in [1.807, 2.05) is 24.3 Å². The summed E-state index contributed by atoms with van der Waals surface area (Å²) in [6.07, 6.45) is 0.266. The molecular formula is C21H24N2O4. The maximum atomic E-state index is 12.4. The van der Waals surface area contributed by atoms with Crippen molar-refractivity contribution in [3.05, 3.63) is 71.3 Å². The molecule has 0 aliphatic heterocycles. The van der Waals surface area contributed by atoms with Gasteiger partial charge in [-0.25, -0.2) is 0 Å². The van der Waals surface area contributed by atoms with Crippen molar-refractivity contribution in [2.75, 3.05) is 6.54 Å². The Labute approximate surface area is 158 Å². The Balaban J connectivity index is 2.14. The van der Waals surface area contributed by atoms with Gasteiger partial charge in [0, 0.05) is 12.0 Å². The number of carbonyl (C=O) groups is 3. The van der Waals surface area contributed by atoms with Gasteiger partial charge in [-0.15, -0.1) is 0 Å². The Morgan fingerprint density at radius 3 is 2.15 bits per heavy atom. The first kappa shape index (κ1) is 20.2. The molecule has 27 heavy (non-hydrogen) atoms. The molecule has 1 atom stereocenters. The topological polar surface area (TPSA) is 95.5 Å². The van der Waals surface area contributed by atoms with Crippen molar-refractivity contribution < 1.29 is 19.5 Å². The van der Waals surface area contributed by atoms with Gasteiger partial charge in [-0.3, -0.25) is 14.4 Å². The van der Waals surface area contributed by atoms with Crippen molar-refractivity contribution in [2.45, 2.75) is 32.2 Å². The Morgan fingerprint density at radius 2 is 1.59 bits per heavy atom. The molecule has 2 aromatic rings. The first-order valence-electron chi connectivity index (χ1n) is 8.81. The summed E-state index contributed by atoms with van der Waals surface area (Å²) < 4.78 is 0. The van der Waals surface area contributed by atoms with E-state index in [9.17, 15) is 14.4 Å². The predicted molar refractivity (Wildman–Crippen MR) is 103 cm³/mol. The molecule has 0 aliphatic rings. The van der Waals surface area contributed by atoms with Crippen LogP contribution in [0.4, 0.5) is 0 Å². The Kier molecular flexibility index (Phi) is 7.11. The number of rotatable bonds is 8. The summed E-state index contributed by atoms with van der Waals surface area (Å²) in [6, 6.07) is 15.5. The van der Waals surface area contributed by atoms with E-state index in [-0.39, 0.29) is 12.3 Å². The third-order valence-corrected chi connectivity index (χ3v) is 4.16. The van der Waals surface area contributed by atoms with Gasteiger partial charge in [0.15, 0.2) is 0 Å². The van der Waals surface area contributed by atoms with Gasteiger partial charge < -0.3 is 15.7 Å². The molecule has 0 heterocycles.